The molecule has 1 heterocycles. The fraction of sp³-hybridized carbons (Fsp3) is 0.750. The van der Waals surface area contributed by atoms with E-state index in [1.165, 1.54) is 0 Å². The van der Waals surface area contributed by atoms with Gasteiger partial charge in [0.2, 0.25) is 0 Å². The lowest BCUT2D eigenvalue weighted by atomic mass is 10.5. The van der Waals surface area contributed by atoms with E-state index in [2.05, 4.69) is 4.99 Å². The van der Waals surface area contributed by atoms with Gasteiger partial charge < -0.3 is 4.74 Å². The van der Waals surface area contributed by atoms with Crippen molar-refractivity contribution in [3.63, 3.8) is 0 Å². The molecule has 6 heavy (non-hydrogen) atoms. The molecule has 0 saturated heterocycles. The molecule has 1 aliphatic rings. The van der Waals surface area contributed by atoms with E-state index >= 15 is 0 Å². The normalized spacial score (nSPS) is 21.3. The van der Waals surface area contributed by atoms with Gasteiger partial charge in [-0.05, 0) is 0 Å². The first-order valence-corrected chi connectivity index (χ1v) is 2.06. The smallest absolute Gasteiger partial charge is 0.137 e. The second-order valence-corrected chi connectivity index (χ2v) is 1.19. The summed E-state index contributed by atoms with van der Waals surface area (Å²) in [4.78, 5) is 3.83. The van der Waals surface area contributed by atoms with Crippen molar-refractivity contribution in [2.75, 3.05) is 13.3 Å². The van der Waals surface area contributed by atoms with Crippen LogP contribution in [0.4, 0.5) is 0 Å². The third-order valence-corrected chi connectivity index (χ3v) is 0.686. The fourth-order valence-electron chi connectivity index (χ4n) is 0.397. The van der Waals surface area contributed by atoms with Crippen LogP contribution in [0, 0.1) is 0 Å². The SMILES string of the molecule is C1=NCOCC1. The van der Waals surface area contributed by atoms with Crippen LogP contribution in [-0.4, -0.2) is 19.6 Å². The Bertz CT molecular complexity index is 52.6. The summed E-state index contributed by atoms with van der Waals surface area (Å²) >= 11 is 0. The van der Waals surface area contributed by atoms with Crippen molar-refractivity contribution in [1.29, 1.82) is 0 Å². The minimum atomic E-state index is 0.569. The quantitative estimate of drug-likeness (QED) is 0.418. The first-order chi connectivity index (χ1) is 3.00. The summed E-state index contributed by atoms with van der Waals surface area (Å²) in [6.07, 6.45) is 2.88. The van der Waals surface area contributed by atoms with Gasteiger partial charge in [0.15, 0.2) is 0 Å². The Morgan fingerprint density at radius 1 is 1.67 bits per heavy atom. The Balaban J connectivity index is 2.26. The molecule has 0 radical (unpaired) electrons. The number of rotatable bonds is 0. The van der Waals surface area contributed by atoms with Crippen LogP contribution in [0.3, 0.4) is 0 Å². The summed E-state index contributed by atoms with van der Waals surface area (Å²) in [6, 6.07) is 0. The standard InChI is InChI=1S/C4H7NO/c1-2-5-4-6-3-1/h2H,1,3-4H2. The summed E-state index contributed by atoms with van der Waals surface area (Å²) in [5.74, 6) is 0. The van der Waals surface area contributed by atoms with E-state index in [0.29, 0.717) is 6.73 Å². The summed E-state index contributed by atoms with van der Waals surface area (Å²) < 4.78 is 4.87. The molecule has 0 aromatic carbocycles. The van der Waals surface area contributed by atoms with Crippen molar-refractivity contribution < 1.29 is 4.74 Å². The van der Waals surface area contributed by atoms with E-state index in [1.807, 2.05) is 6.21 Å². The zero-order chi connectivity index (χ0) is 4.24. The average molecular weight is 85.1 g/mol. The van der Waals surface area contributed by atoms with Gasteiger partial charge in [0, 0.05) is 12.6 Å². The van der Waals surface area contributed by atoms with Crippen molar-refractivity contribution in [3.8, 4) is 0 Å². The van der Waals surface area contributed by atoms with Crippen molar-refractivity contribution in [3.05, 3.63) is 0 Å². The first kappa shape index (κ1) is 3.81. The molecule has 0 N–H and O–H groups in total. The first-order valence-electron chi connectivity index (χ1n) is 2.06. The van der Waals surface area contributed by atoms with Crippen LogP contribution >= 0.6 is 0 Å². The van der Waals surface area contributed by atoms with Crippen LogP contribution < -0.4 is 0 Å². The Morgan fingerprint density at radius 2 is 2.67 bits per heavy atom. The molecule has 34 valence electrons. The number of aliphatic imine (C=N–C) groups is 1. The Morgan fingerprint density at radius 3 is 2.83 bits per heavy atom. The molecule has 0 aromatic rings. The molecular weight excluding hydrogens is 78.0 g/mol. The summed E-state index contributed by atoms with van der Waals surface area (Å²) in [7, 11) is 0. The van der Waals surface area contributed by atoms with Gasteiger partial charge in [-0.3, -0.25) is 4.99 Å². The van der Waals surface area contributed by atoms with Gasteiger partial charge in [-0.25, -0.2) is 0 Å². The fourth-order valence-corrected chi connectivity index (χ4v) is 0.397. The Kier molecular flexibility index (Phi) is 1.22. The topological polar surface area (TPSA) is 21.6 Å². The molecule has 0 saturated carbocycles. The predicted molar refractivity (Wildman–Crippen MR) is 23.9 cm³/mol. The van der Waals surface area contributed by atoms with E-state index in [1.54, 1.807) is 0 Å². The zero-order valence-electron chi connectivity index (χ0n) is 3.55. The number of nitrogens with zero attached hydrogens (tertiary/aromatic N) is 1. The van der Waals surface area contributed by atoms with E-state index in [4.69, 9.17) is 4.74 Å². The van der Waals surface area contributed by atoms with Gasteiger partial charge in [-0.2, -0.15) is 0 Å². The molecule has 1 aliphatic heterocycles. The van der Waals surface area contributed by atoms with Crippen LogP contribution in [-0.2, 0) is 4.74 Å². The highest BCUT2D eigenvalue weighted by Gasteiger charge is 1.86. The summed E-state index contributed by atoms with van der Waals surface area (Å²) in [5, 5.41) is 0. The van der Waals surface area contributed by atoms with Gasteiger partial charge in [-0.1, -0.05) is 0 Å². The van der Waals surface area contributed by atoms with Crippen molar-refractivity contribution in [2.24, 2.45) is 4.99 Å². The van der Waals surface area contributed by atoms with Gasteiger partial charge in [-0.15, -0.1) is 0 Å². The van der Waals surface area contributed by atoms with Crippen LogP contribution in [0.2, 0.25) is 0 Å². The number of hydrogen-bond donors (Lipinski definition) is 0. The van der Waals surface area contributed by atoms with Crippen molar-refractivity contribution in [2.45, 2.75) is 6.42 Å². The zero-order valence-corrected chi connectivity index (χ0v) is 3.55. The van der Waals surface area contributed by atoms with Crippen molar-refractivity contribution in [1.82, 2.24) is 0 Å². The minimum Gasteiger partial charge on any atom is -0.359 e. The maximum Gasteiger partial charge on any atom is 0.137 e. The lowest BCUT2D eigenvalue weighted by molar-refractivity contribution is 0.142. The molecular formula is C4H7NO. The monoisotopic (exact) mass is 85.1 g/mol. The number of ether oxygens (including phenoxy) is 1. The van der Waals surface area contributed by atoms with E-state index in [0.717, 1.165) is 13.0 Å². The summed E-state index contributed by atoms with van der Waals surface area (Å²) in [5.41, 5.74) is 0. The van der Waals surface area contributed by atoms with E-state index in [-0.39, 0.29) is 0 Å². The second kappa shape index (κ2) is 1.92. The maximum absolute atomic E-state index is 4.87. The molecule has 0 atom stereocenters. The van der Waals surface area contributed by atoms with Crippen LogP contribution in [0.25, 0.3) is 0 Å². The van der Waals surface area contributed by atoms with Gasteiger partial charge in [0.1, 0.15) is 6.73 Å². The second-order valence-electron chi connectivity index (χ2n) is 1.19. The third-order valence-electron chi connectivity index (χ3n) is 0.686. The maximum atomic E-state index is 4.87. The molecule has 0 fully saturated rings. The Labute approximate surface area is 36.8 Å². The van der Waals surface area contributed by atoms with Crippen LogP contribution in [0.15, 0.2) is 4.99 Å². The molecule has 0 spiro atoms. The molecule has 2 heteroatoms. The lowest BCUT2D eigenvalue weighted by Gasteiger charge is -2.00. The minimum absolute atomic E-state index is 0.569. The van der Waals surface area contributed by atoms with Crippen molar-refractivity contribution >= 4 is 6.21 Å². The van der Waals surface area contributed by atoms with E-state index in [9.17, 15) is 0 Å². The van der Waals surface area contributed by atoms with Crippen LogP contribution in [0.1, 0.15) is 6.42 Å². The van der Waals surface area contributed by atoms with Gasteiger partial charge in [0.05, 0.1) is 6.61 Å². The average Bonchev–Trinajstić information content (AvgIpc) is 1.72. The van der Waals surface area contributed by atoms with Gasteiger partial charge >= 0.3 is 0 Å². The highest BCUT2D eigenvalue weighted by molar-refractivity contribution is 5.57. The predicted octanol–water partition coefficient (Wildman–Crippen LogP) is 0.435. The molecule has 0 aromatic heterocycles. The number of hydrogen-bond acceptors (Lipinski definition) is 2. The third kappa shape index (κ3) is 0.792. The Hall–Kier alpha value is -0.370. The molecule has 0 unspecified atom stereocenters. The van der Waals surface area contributed by atoms with Gasteiger partial charge in [0.25, 0.3) is 0 Å². The van der Waals surface area contributed by atoms with Crippen LogP contribution in [0.5, 0.6) is 0 Å². The molecule has 0 aliphatic carbocycles. The molecule has 0 bridgehead atoms. The summed E-state index contributed by atoms with van der Waals surface area (Å²) in [6.45, 7) is 1.42. The molecule has 0 amide bonds. The highest BCUT2D eigenvalue weighted by Crippen LogP contribution is 1.85. The van der Waals surface area contributed by atoms with E-state index < -0.39 is 0 Å². The highest BCUT2D eigenvalue weighted by atomic mass is 16.5. The molecule has 1 rings (SSSR count). The largest absolute Gasteiger partial charge is 0.359 e. The lowest BCUT2D eigenvalue weighted by Crippen LogP contribution is -2.00. The molecule has 2 nitrogen and oxygen atoms in total.